The third kappa shape index (κ3) is 3.36. The summed E-state index contributed by atoms with van der Waals surface area (Å²) in [6, 6.07) is 20.0. The second kappa shape index (κ2) is 7.29. The number of aromatic nitrogens is 2. The Morgan fingerprint density at radius 1 is 1.00 bits per heavy atom. The van der Waals surface area contributed by atoms with E-state index in [4.69, 9.17) is 0 Å². The van der Waals surface area contributed by atoms with Crippen molar-refractivity contribution in [1.82, 2.24) is 14.7 Å². The Kier molecular flexibility index (Phi) is 4.48. The number of hydrogen-bond acceptors (Lipinski definition) is 3. The van der Waals surface area contributed by atoms with E-state index in [2.05, 4.69) is 17.2 Å². The Morgan fingerprint density at radius 2 is 1.79 bits per heavy atom. The molecule has 0 atom stereocenters. The lowest BCUT2D eigenvalue weighted by molar-refractivity contribution is 0.0725. The lowest BCUT2D eigenvalue weighted by atomic mass is 10.00. The van der Waals surface area contributed by atoms with E-state index in [9.17, 15) is 9.18 Å². The summed E-state index contributed by atoms with van der Waals surface area (Å²) in [5.41, 5.74) is 4.36. The van der Waals surface area contributed by atoms with Gasteiger partial charge in [0.25, 0.3) is 5.91 Å². The van der Waals surface area contributed by atoms with E-state index in [0.717, 1.165) is 17.0 Å². The van der Waals surface area contributed by atoms with Crippen molar-refractivity contribution < 1.29 is 9.18 Å². The van der Waals surface area contributed by atoms with E-state index >= 15 is 0 Å². The molecule has 2 aromatic heterocycles. The molecule has 0 N–H and O–H groups in total. The van der Waals surface area contributed by atoms with Crippen LogP contribution in [0.15, 0.2) is 72.1 Å². The molecule has 4 nitrogen and oxygen atoms in total. The van der Waals surface area contributed by atoms with Gasteiger partial charge in [0, 0.05) is 13.1 Å². The molecule has 0 radical (unpaired) electrons. The minimum atomic E-state index is -0.320. The Balaban J connectivity index is 1.54. The Bertz CT molecular complexity index is 1170. The third-order valence-corrected chi connectivity index (χ3v) is 6.08. The summed E-state index contributed by atoms with van der Waals surface area (Å²) in [7, 11) is 0. The molecule has 5 rings (SSSR count). The second-order valence-electron chi connectivity index (χ2n) is 7.03. The number of nitrogens with zero attached hydrogens (tertiary/aromatic N) is 3. The first-order valence-corrected chi connectivity index (χ1v) is 10.3. The van der Waals surface area contributed by atoms with Gasteiger partial charge >= 0.3 is 0 Å². The van der Waals surface area contributed by atoms with Gasteiger partial charge in [0.1, 0.15) is 17.2 Å². The minimum absolute atomic E-state index is 0.0702. The van der Waals surface area contributed by atoms with Crippen LogP contribution in [0.5, 0.6) is 0 Å². The van der Waals surface area contributed by atoms with Crippen LogP contribution in [0.3, 0.4) is 0 Å². The van der Waals surface area contributed by atoms with Gasteiger partial charge < -0.3 is 4.90 Å². The number of fused-ring (bicyclic) bond motifs is 1. The highest BCUT2D eigenvalue weighted by atomic mass is 32.1. The van der Waals surface area contributed by atoms with Crippen molar-refractivity contribution in [1.29, 1.82) is 0 Å². The summed E-state index contributed by atoms with van der Waals surface area (Å²) in [5.74, 6) is -0.390. The van der Waals surface area contributed by atoms with Crippen LogP contribution < -0.4 is 0 Å². The standard InChI is InChI=1S/C23H18FN3OS/c24-18-7-9-19(10-8-18)27-21(14-20(25-27)22-6-3-13-29-22)23(28)26-12-11-16-4-1-2-5-17(16)15-26/h1-10,13-14H,11-12,15H2. The zero-order chi connectivity index (χ0) is 19.8. The molecule has 2 aromatic carbocycles. The summed E-state index contributed by atoms with van der Waals surface area (Å²) in [6.45, 7) is 1.25. The normalized spacial score (nSPS) is 13.3. The molecule has 3 heterocycles. The van der Waals surface area contributed by atoms with E-state index < -0.39 is 0 Å². The quantitative estimate of drug-likeness (QED) is 0.486. The van der Waals surface area contributed by atoms with E-state index in [1.54, 1.807) is 28.2 Å². The van der Waals surface area contributed by atoms with E-state index in [-0.39, 0.29) is 11.7 Å². The first kappa shape index (κ1) is 17.8. The predicted molar refractivity (Wildman–Crippen MR) is 112 cm³/mol. The number of thiophene rings is 1. The largest absolute Gasteiger partial charge is 0.333 e. The van der Waals surface area contributed by atoms with Crippen molar-refractivity contribution in [3.05, 3.63) is 94.7 Å². The molecule has 6 heteroatoms. The van der Waals surface area contributed by atoms with Crippen molar-refractivity contribution in [2.45, 2.75) is 13.0 Å². The van der Waals surface area contributed by atoms with Crippen molar-refractivity contribution in [3.63, 3.8) is 0 Å². The molecule has 0 saturated carbocycles. The van der Waals surface area contributed by atoms with Crippen LogP contribution in [-0.4, -0.2) is 27.1 Å². The molecule has 0 saturated heterocycles. The number of hydrogen-bond donors (Lipinski definition) is 0. The fourth-order valence-corrected chi connectivity index (χ4v) is 4.37. The maximum Gasteiger partial charge on any atom is 0.272 e. The van der Waals surface area contributed by atoms with E-state index in [0.29, 0.717) is 24.5 Å². The molecule has 1 aliphatic rings. The molecular formula is C23H18FN3OS. The average molecular weight is 403 g/mol. The highest BCUT2D eigenvalue weighted by Gasteiger charge is 2.26. The lowest BCUT2D eigenvalue weighted by Gasteiger charge is -2.29. The highest BCUT2D eigenvalue weighted by molar-refractivity contribution is 7.13. The van der Waals surface area contributed by atoms with Gasteiger partial charge in [-0.05, 0) is 59.3 Å². The van der Waals surface area contributed by atoms with Gasteiger partial charge in [-0.25, -0.2) is 9.07 Å². The third-order valence-electron chi connectivity index (χ3n) is 5.19. The summed E-state index contributed by atoms with van der Waals surface area (Å²) < 4.78 is 15.0. The molecule has 0 spiro atoms. The lowest BCUT2D eigenvalue weighted by Crippen LogP contribution is -2.37. The first-order chi connectivity index (χ1) is 14.2. The molecule has 1 amide bonds. The molecule has 0 unspecified atom stereocenters. The Morgan fingerprint density at radius 3 is 2.55 bits per heavy atom. The molecule has 0 bridgehead atoms. The Hall–Kier alpha value is -3.25. The van der Waals surface area contributed by atoms with Gasteiger partial charge in [-0.3, -0.25) is 4.79 Å². The van der Waals surface area contributed by atoms with Crippen LogP contribution in [0.4, 0.5) is 4.39 Å². The molecule has 1 aliphatic heterocycles. The zero-order valence-corrected chi connectivity index (χ0v) is 16.4. The monoisotopic (exact) mass is 403 g/mol. The number of rotatable bonds is 3. The van der Waals surface area contributed by atoms with Crippen molar-refractivity contribution in [2.75, 3.05) is 6.54 Å². The van der Waals surface area contributed by atoms with Gasteiger partial charge in [0.2, 0.25) is 0 Å². The smallest absolute Gasteiger partial charge is 0.272 e. The van der Waals surface area contributed by atoms with Crippen LogP contribution in [-0.2, 0) is 13.0 Å². The van der Waals surface area contributed by atoms with E-state index in [1.165, 1.54) is 23.3 Å². The van der Waals surface area contributed by atoms with Crippen LogP contribution in [0.25, 0.3) is 16.3 Å². The maximum absolute atomic E-state index is 13.4. The number of halogens is 1. The van der Waals surface area contributed by atoms with Crippen LogP contribution in [0.2, 0.25) is 0 Å². The predicted octanol–water partition coefficient (Wildman–Crippen LogP) is 4.94. The highest BCUT2D eigenvalue weighted by Crippen LogP contribution is 2.28. The minimum Gasteiger partial charge on any atom is -0.333 e. The molecular weight excluding hydrogens is 385 g/mol. The second-order valence-corrected chi connectivity index (χ2v) is 7.97. The van der Waals surface area contributed by atoms with Crippen molar-refractivity contribution in [2.24, 2.45) is 0 Å². The SMILES string of the molecule is O=C(c1cc(-c2cccs2)nn1-c1ccc(F)cc1)N1CCc2ccccc2C1. The summed E-state index contributed by atoms with van der Waals surface area (Å²) >= 11 is 1.57. The van der Waals surface area contributed by atoms with Gasteiger partial charge in [0.15, 0.2) is 0 Å². The molecule has 4 aromatic rings. The van der Waals surface area contributed by atoms with Crippen molar-refractivity contribution >= 4 is 17.2 Å². The number of carbonyl (C=O) groups is 1. The van der Waals surface area contributed by atoms with Crippen LogP contribution >= 0.6 is 11.3 Å². The van der Waals surface area contributed by atoms with Gasteiger partial charge in [-0.15, -0.1) is 11.3 Å². The number of benzene rings is 2. The zero-order valence-electron chi connectivity index (χ0n) is 15.6. The molecule has 144 valence electrons. The Labute approximate surface area is 171 Å². The number of carbonyl (C=O) groups excluding carboxylic acids is 1. The summed E-state index contributed by atoms with van der Waals surface area (Å²) in [6.07, 6.45) is 0.838. The van der Waals surface area contributed by atoms with Crippen molar-refractivity contribution in [3.8, 4) is 16.3 Å². The van der Waals surface area contributed by atoms with E-state index in [1.807, 2.05) is 40.6 Å². The molecule has 0 fully saturated rings. The molecule has 29 heavy (non-hydrogen) atoms. The maximum atomic E-state index is 13.4. The summed E-state index contributed by atoms with van der Waals surface area (Å²) in [4.78, 5) is 16.3. The molecule has 0 aliphatic carbocycles. The van der Waals surface area contributed by atoms with Gasteiger partial charge in [-0.1, -0.05) is 30.3 Å². The first-order valence-electron chi connectivity index (χ1n) is 9.45. The fraction of sp³-hybridized carbons (Fsp3) is 0.130. The van der Waals surface area contributed by atoms with Gasteiger partial charge in [-0.2, -0.15) is 5.10 Å². The van der Waals surface area contributed by atoms with Gasteiger partial charge in [0.05, 0.1) is 10.6 Å². The average Bonchev–Trinajstić information content (AvgIpc) is 3.43. The van der Waals surface area contributed by atoms with Crippen LogP contribution in [0.1, 0.15) is 21.6 Å². The topological polar surface area (TPSA) is 38.1 Å². The number of amides is 1. The van der Waals surface area contributed by atoms with Crippen LogP contribution in [0, 0.1) is 5.82 Å². The summed E-state index contributed by atoms with van der Waals surface area (Å²) in [5, 5.41) is 6.65. The fourth-order valence-electron chi connectivity index (χ4n) is 3.69.